The van der Waals surface area contributed by atoms with Crippen LogP contribution in [0.5, 0.6) is 0 Å². The number of hydrogen-bond donors (Lipinski definition) is 2. The Morgan fingerprint density at radius 3 is 2.18 bits per heavy atom. The van der Waals surface area contributed by atoms with Gasteiger partial charge < -0.3 is 20.2 Å². The first-order valence-electron chi connectivity index (χ1n) is 9.95. The smallest absolute Gasteiger partial charge is 0.475 e. The molecule has 11 heteroatoms. The highest BCUT2D eigenvalue weighted by atomic mass is 79.9. The standard InChI is InChI=1S/C20H22BrN3O2.C2HF3O2/c21-18-8-4-7-17(13-18)20(26)24(14-16-5-2-1-3-6-16)15-19(25)23-11-9-22-10-12-23;3-2(4,5)1(6)7/h1-8,13,22H,9-12,14-15H2;(H,6,7). The van der Waals surface area contributed by atoms with Gasteiger partial charge in [-0.2, -0.15) is 13.2 Å². The monoisotopic (exact) mass is 529 g/mol. The van der Waals surface area contributed by atoms with Crippen LogP contribution in [0.1, 0.15) is 15.9 Å². The number of carbonyl (C=O) groups is 3. The number of nitrogens with one attached hydrogen (secondary N) is 1. The van der Waals surface area contributed by atoms with Crippen molar-refractivity contribution in [1.29, 1.82) is 0 Å². The molecule has 0 unspecified atom stereocenters. The first-order chi connectivity index (χ1) is 15.6. The summed E-state index contributed by atoms with van der Waals surface area (Å²) in [5.74, 6) is -2.91. The molecule has 2 aromatic carbocycles. The fourth-order valence-electron chi connectivity index (χ4n) is 2.98. The van der Waals surface area contributed by atoms with E-state index in [9.17, 15) is 22.8 Å². The van der Waals surface area contributed by atoms with Crippen LogP contribution in [-0.4, -0.2) is 71.6 Å². The van der Waals surface area contributed by atoms with E-state index in [1.54, 1.807) is 17.0 Å². The van der Waals surface area contributed by atoms with E-state index in [-0.39, 0.29) is 18.4 Å². The van der Waals surface area contributed by atoms with E-state index in [2.05, 4.69) is 21.2 Å². The quantitative estimate of drug-likeness (QED) is 0.620. The Balaban J connectivity index is 0.000000479. The first-order valence-corrected chi connectivity index (χ1v) is 10.7. The zero-order valence-electron chi connectivity index (χ0n) is 17.5. The van der Waals surface area contributed by atoms with Crippen LogP contribution in [0.2, 0.25) is 0 Å². The fourth-order valence-corrected chi connectivity index (χ4v) is 3.38. The van der Waals surface area contributed by atoms with Crippen LogP contribution in [0.4, 0.5) is 13.2 Å². The van der Waals surface area contributed by atoms with Gasteiger partial charge in [-0.3, -0.25) is 9.59 Å². The van der Waals surface area contributed by atoms with Gasteiger partial charge in [0.1, 0.15) is 6.54 Å². The van der Waals surface area contributed by atoms with E-state index in [0.717, 1.165) is 23.1 Å². The van der Waals surface area contributed by atoms with Gasteiger partial charge in [-0.15, -0.1) is 0 Å². The van der Waals surface area contributed by atoms with Gasteiger partial charge in [0.05, 0.1) is 0 Å². The zero-order chi connectivity index (χ0) is 24.4. The number of hydrogen-bond acceptors (Lipinski definition) is 4. The summed E-state index contributed by atoms with van der Waals surface area (Å²) in [7, 11) is 0. The Hall–Kier alpha value is -2.92. The Labute approximate surface area is 197 Å². The minimum Gasteiger partial charge on any atom is -0.475 e. The van der Waals surface area contributed by atoms with Crippen LogP contribution >= 0.6 is 15.9 Å². The highest BCUT2D eigenvalue weighted by molar-refractivity contribution is 9.10. The molecular weight excluding hydrogens is 507 g/mol. The van der Waals surface area contributed by atoms with Crippen LogP contribution < -0.4 is 5.32 Å². The molecule has 0 aliphatic carbocycles. The van der Waals surface area contributed by atoms with Crippen molar-refractivity contribution >= 4 is 33.7 Å². The van der Waals surface area contributed by atoms with E-state index in [0.29, 0.717) is 25.2 Å². The van der Waals surface area contributed by atoms with Crippen molar-refractivity contribution in [2.24, 2.45) is 0 Å². The second-order valence-corrected chi connectivity index (χ2v) is 8.01. The maximum atomic E-state index is 13.0. The minimum absolute atomic E-state index is 0.00854. The fraction of sp³-hybridized carbons (Fsp3) is 0.318. The van der Waals surface area contributed by atoms with Crippen molar-refractivity contribution in [2.75, 3.05) is 32.7 Å². The van der Waals surface area contributed by atoms with E-state index in [1.165, 1.54) is 0 Å². The van der Waals surface area contributed by atoms with Crippen molar-refractivity contribution in [2.45, 2.75) is 12.7 Å². The Morgan fingerprint density at radius 2 is 1.64 bits per heavy atom. The summed E-state index contributed by atoms with van der Waals surface area (Å²) in [6.07, 6.45) is -5.08. The molecule has 33 heavy (non-hydrogen) atoms. The maximum Gasteiger partial charge on any atom is 0.490 e. The number of alkyl halides is 3. The number of benzene rings is 2. The molecule has 0 aromatic heterocycles. The summed E-state index contributed by atoms with van der Waals surface area (Å²) in [5.41, 5.74) is 1.58. The van der Waals surface area contributed by atoms with Gasteiger partial charge in [0.25, 0.3) is 5.91 Å². The van der Waals surface area contributed by atoms with Crippen LogP contribution in [-0.2, 0) is 16.1 Å². The number of nitrogens with zero attached hydrogens (tertiary/aromatic N) is 2. The third kappa shape index (κ3) is 8.85. The molecule has 2 amide bonds. The molecule has 7 nitrogen and oxygen atoms in total. The van der Waals surface area contributed by atoms with Crippen LogP contribution in [0.25, 0.3) is 0 Å². The topological polar surface area (TPSA) is 90.0 Å². The summed E-state index contributed by atoms with van der Waals surface area (Å²) in [6, 6.07) is 17.0. The van der Waals surface area contributed by atoms with Gasteiger partial charge in [0.15, 0.2) is 0 Å². The average Bonchev–Trinajstić information content (AvgIpc) is 2.79. The normalized spacial score (nSPS) is 13.5. The molecule has 0 spiro atoms. The molecule has 1 saturated heterocycles. The predicted molar refractivity (Wildman–Crippen MR) is 118 cm³/mol. The molecule has 0 bridgehead atoms. The largest absolute Gasteiger partial charge is 0.490 e. The molecule has 1 aliphatic rings. The molecule has 2 aromatic rings. The SMILES string of the molecule is O=C(CN(Cc1ccccc1)C(=O)c1cccc(Br)c1)N1CCNCC1.O=C(O)C(F)(F)F. The maximum absolute atomic E-state index is 13.0. The van der Waals surface area contributed by atoms with Crippen molar-refractivity contribution in [1.82, 2.24) is 15.1 Å². The first kappa shape index (κ1) is 26.3. The summed E-state index contributed by atoms with van der Waals surface area (Å²) in [5, 5.41) is 10.4. The lowest BCUT2D eigenvalue weighted by Crippen LogP contribution is -2.50. The molecule has 0 radical (unpaired) electrons. The lowest BCUT2D eigenvalue weighted by molar-refractivity contribution is -0.192. The molecule has 3 rings (SSSR count). The van der Waals surface area contributed by atoms with Crippen LogP contribution in [0.3, 0.4) is 0 Å². The van der Waals surface area contributed by atoms with Gasteiger partial charge >= 0.3 is 12.1 Å². The number of aliphatic carboxylic acids is 1. The molecular formula is C22H23BrF3N3O4. The second kappa shape index (κ2) is 12.4. The zero-order valence-corrected chi connectivity index (χ0v) is 19.1. The lowest BCUT2D eigenvalue weighted by atomic mass is 10.1. The van der Waals surface area contributed by atoms with Gasteiger partial charge in [-0.25, -0.2) is 4.79 Å². The molecule has 2 N–H and O–H groups in total. The Kier molecular flexibility index (Phi) is 9.86. The molecule has 1 fully saturated rings. The van der Waals surface area contributed by atoms with Crippen molar-refractivity contribution in [3.05, 3.63) is 70.2 Å². The van der Waals surface area contributed by atoms with Crippen LogP contribution in [0, 0.1) is 0 Å². The summed E-state index contributed by atoms with van der Waals surface area (Å²) in [4.78, 5) is 38.1. The second-order valence-electron chi connectivity index (χ2n) is 7.09. The van der Waals surface area contributed by atoms with E-state index < -0.39 is 12.1 Å². The number of carboxylic acid groups (broad SMARTS) is 1. The molecule has 0 atom stereocenters. The molecule has 178 valence electrons. The van der Waals surface area contributed by atoms with Crippen molar-refractivity contribution < 1.29 is 32.7 Å². The van der Waals surface area contributed by atoms with E-state index in [4.69, 9.17) is 9.90 Å². The van der Waals surface area contributed by atoms with E-state index in [1.807, 2.05) is 47.4 Å². The van der Waals surface area contributed by atoms with E-state index >= 15 is 0 Å². The number of amides is 2. The molecule has 1 aliphatic heterocycles. The van der Waals surface area contributed by atoms with Crippen molar-refractivity contribution in [3.63, 3.8) is 0 Å². The van der Waals surface area contributed by atoms with Gasteiger partial charge in [-0.05, 0) is 23.8 Å². The van der Waals surface area contributed by atoms with Crippen molar-refractivity contribution in [3.8, 4) is 0 Å². The summed E-state index contributed by atoms with van der Waals surface area (Å²) < 4.78 is 32.6. The predicted octanol–water partition coefficient (Wildman–Crippen LogP) is 3.16. The third-order valence-electron chi connectivity index (χ3n) is 4.61. The summed E-state index contributed by atoms with van der Waals surface area (Å²) in [6.45, 7) is 3.45. The lowest BCUT2D eigenvalue weighted by Gasteiger charge is -2.30. The number of piperazine rings is 1. The highest BCUT2D eigenvalue weighted by Crippen LogP contribution is 2.16. The molecule has 0 saturated carbocycles. The van der Waals surface area contributed by atoms with Crippen LogP contribution in [0.15, 0.2) is 59.1 Å². The Bertz CT molecular complexity index is 951. The molecule has 1 heterocycles. The minimum atomic E-state index is -5.08. The highest BCUT2D eigenvalue weighted by Gasteiger charge is 2.38. The van der Waals surface area contributed by atoms with Gasteiger partial charge in [0, 0.05) is 42.8 Å². The third-order valence-corrected chi connectivity index (χ3v) is 5.11. The summed E-state index contributed by atoms with van der Waals surface area (Å²) >= 11 is 3.41. The average molecular weight is 530 g/mol. The number of carbonyl (C=O) groups excluding carboxylic acids is 2. The Morgan fingerprint density at radius 1 is 1.03 bits per heavy atom. The number of rotatable bonds is 5. The number of halogens is 4. The van der Waals surface area contributed by atoms with Gasteiger partial charge in [-0.1, -0.05) is 52.3 Å². The van der Waals surface area contributed by atoms with Gasteiger partial charge in [0.2, 0.25) is 5.91 Å². The number of carboxylic acids is 1.